The van der Waals surface area contributed by atoms with Gasteiger partial charge in [-0.1, -0.05) is 48.5 Å². The Labute approximate surface area is 162 Å². The van der Waals surface area contributed by atoms with Gasteiger partial charge in [0.2, 0.25) is 5.91 Å². The monoisotopic (exact) mass is 363 g/mol. The molecule has 4 nitrogen and oxygen atoms in total. The molecule has 0 spiro atoms. The molecule has 2 heterocycles. The molecule has 2 aromatic rings. The van der Waals surface area contributed by atoms with E-state index in [0.717, 1.165) is 57.7 Å². The number of hydrogen-bond donors (Lipinski definition) is 0. The summed E-state index contributed by atoms with van der Waals surface area (Å²) in [5.74, 6) is 0.286. The van der Waals surface area contributed by atoms with Gasteiger partial charge < -0.3 is 9.80 Å². The molecule has 2 fully saturated rings. The van der Waals surface area contributed by atoms with Gasteiger partial charge in [0, 0.05) is 45.0 Å². The summed E-state index contributed by atoms with van der Waals surface area (Å²) in [6.07, 6.45) is 3.51. The summed E-state index contributed by atoms with van der Waals surface area (Å²) in [5.41, 5.74) is 2.40. The second kappa shape index (κ2) is 8.57. The van der Waals surface area contributed by atoms with E-state index in [1.54, 1.807) is 0 Å². The van der Waals surface area contributed by atoms with E-state index in [-0.39, 0.29) is 11.9 Å². The van der Waals surface area contributed by atoms with Crippen LogP contribution in [0.25, 0.3) is 0 Å². The van der Waals surface area contributed by atoms with Crippen LogP contribution in [-0.4, -0.2) is 55.0 Å². The second-order valence-corrected chi connectivity index (χ2v) is 7.56. The van der Waals surface area contributed by atoms with E-state index in [0.29, 0.717) is 0 Å². The van der Waals surface area contributed by atoms with Gasteiger partial charge in [-0.25, -0.2) is 0 Å². The zero-order valence-electron chi connectivity index (χ0n) is 16.0. The molecule has 2 saturated heterocycles. The second-order valence-electron chi connectivity index (χ2n) is 7.56. The first-order valence-corrected chi connectivity index (χ1v) is 10.2. The van der Waals surface area contributed by atoms with Crippen LogP contribution in [0.15, 0.2) is 60.7 Å². The maximum absolute atomic E-state index is 13.4. The third kappa shape index (κ3) is 4.16. The first-order chi connectivity index (χ1) is 13.3. The fourth-order valence-electron chi connectivity index (χ4n) is 4.31. The van der Waals surface area contributed by atoms with Crippen LogP contribution in [0.5, 0.6) is 0 Å². The molecule has 1 amide bonds. The highest BCUT2D eigenvalue weighted by Crippen LogP contribution is 2.27. The van der Waals surface area contributed by atoms with Crippen molar-refractivity contribution in [3.8, 4) is 0 Å². The van der Waals surface area contributed by atoms with E-state index in [9.17, 15) is 4.79 Å². The Morgan fingerprint density at radius 1 is 0.704 bits per heavy atom. The summed E-state index contributed by atoms with van der Waals surface area (Å²) in [6.45, 7) is 5.56. The van der Waals surface area contributed by atoms with Gasteiger partial charge in [0.05, 0.1) is 0 Å². The van der Waals surface area contributed by atoms with Gasteiger partial charge >= 0.3 is 0 Å². The van der Waals surface area contributed by atoms with Crippen LogP contribution in [0.3, 0.4) is 0 Å². The highest BCUT2D eigenvalue weighted by atomic mass is 16.2. The Morgan fingerprint density at radius 2 is 1.30 bits per heavy atom. The van der Waals surface area contributed by atoms with E-state index in [2.05, 4.69) is 57.2 Å². The van der Waals surface area contributed by atoms with Crippen LogP contribution >= 0.6 is 0 Å². The molecule has 0 N–H and O–H groups in total. The summed E-state index contributed by atoms with van der Waals surface area (Å²) in [7, 11) is 0. The van der Waals surface area contributed by atoms with Crippen LogP contribution in [0.4, 0.5) is 5.69 Å². The lowest BCUT2D eigenvalue weighted by Gasteiger charge is -2.41. The molecule has 2 aromatic carbocycles. The predicted molar refractivity (Wildman–Crippen MR) is 110 cm³/mol. The van der Waals surface area contributed by atoms with Crippen molar-refractivity contribution in [1.82, 2.24) is 9.80 Å². The van der Waals surface area contributed by atoms with E-state index in [1.807, 2.05) is 18.2 Å². The summed E-state index contributed by atoms with van der Waals surface area (Å²) in [5, 5.41) is 0. The fourth-order valence-corrected chi connectivity index (χ4v) is 4.31. The van der Waals surface area contributed by atoms with Crippen LogP contribution in [0, 0.1) is 0 Å². The standard InChI is InChI=1S/C23H29N3O/c27-23(26-14-8-3-9-15-26)22(20-10-4-1-5-11-20)25-18-16-24(17-19-25)21-12-6-2-7-13-21/h1-2,4-7,10-13,22H,3,8-9,14-19H2. The Kier molecular flexibility index (Phi) is 5.73. The van der Waals surface area contributed by atoms with Gasteiger partial charge in [-0.2, -0.15) is 0 Å². The van der Waals surface area contributed by atoms with Gasteiger partial charge in [0.15, 0.2) is 0 Å². The third-order valence-corrected chi connectivity index (χ3v) is 5.82. The normalized spacial score (nSPS) is 19.7. The predicted octanol–water partition coefficient (Wildman–Crippen LogP) is 3.56. The molecule has 4 rings (SSSR count). The highest BCUT2D eigenvalue weighted by molar-refractivity contribution is 5.83. The molecule has 1 atom stereocenters. The number of piperazine rings is 1. The molecule has 4 heteroatoms. The fraction of sp³-hybridized carbons (Fsp3) is 0.435. The number of carbonyl (C=O) groups excluding carboxylic acids is 1. The van der Waals surface area contributed by atoms with Crippen molar-refractivity contribution in [1.29, 1.82) is 0 Å². The molecule has 2 aliphatic rings. The Bertz CT molecular complexity index is 720. The molecule has 0 bridgehead atoms. The summed E-state index contributed by atoms with van der Waals surface area (Å²) < 4.78 is 0. The molecule has 2 aliphatic heterocycles. The van der Waals surface area contributed by atoms with E-state index in [1.165, 1.54) is 12.1 Å². The molecule has 0 saturated carbocycles. The number of amides is 1. The van der Waals surface area contributed by atoms with Crippen molar-refractivity contribution in [2.75, 3.05) is 44.2 Å². The number of hydrogen-bond acceptors (Lipinski definition) is 3. The van der Waals surface area contributed by atoms with Gasteiger partial charge in [-0.3, -0.25) is 9.69 Å². The minimum Gasteiger partial charge on any atom is -0.369 e. The Morgan fingerprint density at radius 3 is 1.93 bits per heavy atom. The smallest absolute Gasteiger partial charge is 0.244 e. The number of rotatable bonds is 4. The molecule has 27 heavy (non-hydrogen) atoms. The van der Waals surface area contributed by atoms with Crippen molar-refractivity contribution in [2.45, 2.75) is 25.3 Å². The molecule has 142 valence electrons. The summed E-state index contributed by atoms with van der Waals surface area (Å²) >= 11 is 0. The van der Waals surface area contributed by atoms with Crippen molar-refractivity contribution >= 4 is 11.6 Å². The van der Waals surface area contributed by atoms with Gasteiger partial charge in [0.25, 0.3) is 0 Å². The summed E-state index contributed by atoms with van der Waals surface area (Å²) in [4.78, 5) is 20.3. The van der Waals surface area contributed by atoms with E-state index < -0.39 is 0 Å². The molecular formula is C23H29N3O. The molecule has 0 aromatic heterocycles. The van der Waals surface area contributed by atoms with Crippen molar-refractivity contribution in [3.63, 3.8) is 0 Å². The highest BCUT2D eigenvalue weighted by Gasteiger charge is 2.33. The lowest BCUT2D eigenvalue weighted by atomic mass is 10.0. The third-order valence-electron chi connectivity index (χ3n) is 5.82. The molecular weight excluding hydrogens is 334 g/mol. The number of anilines is 1. The Hall–Kier alpha value is -2.33. The average molecular weight is 364 g/mol. The minimum atomic E-state index is -0.151. The average Bonchev–Trinajstić information content (AvgIpc) is 2.76. The maximum Gasteiger partial charge on any atom is 0.244 e. The minimum absolute atomic E-state index is 0.151. The Balaban J connectivity index is 1.50. The summed E-state index contributed by atoms with van der Waals surface area (Å²) in [6, 6.07) is 20.8. The number of para-hydroxylation sites is 1. The zero-order chi connectivity index (χ0) is 18.5. The molecule has 0 aliphatic carbocycles. The van der Waals surface area contributed by atoms with Gasteiger partial charge in [-0.15, -0.1) is 0 Å². The van der Waals surface area contributed by atoms with Crippen LogP contribution < -0.4 is 4.90 Å². The zero-order valence-corrected chi connectivity index (χ0v) is 16.0. The number of piperidine rings is 1. The number of benzene rings is 2. The van der Waals surface area contributed by atoms with Gasteiger partial charge in [-0.05, 0) is 37.0 Å². The van der Waals surface area contributed by atoms with Crippen LogP contribution in [-0.2, 0) is 4.79 Å². The van der Waals surface area contributed by atoms with Crippen LogP contribution in [0.1, 0.15) is 30.9 Å². The van der Waals surface area contributed by atoms with E-state index in [4.69, 9.17) is 0 Å². The number of nitrogens with zero attached hydrogens (tertiary/aromatic N) is 3. The lowest BCUT2D eigenvalue weighted by Crippen LogP contribution is -2.52. The van der Waals surface area contributed by atoms with Gasteiger partial charge in [0.1, 0.15) is 6.04 Å². The SMILES string of the molecule is O=C(C(c1ccccc1)N1CCN(c2ccccc2)CC1)N1CCCCC1. The van der Waals surface area contributed by atoms with Crippen molar-refractivity contribution in [2.24, 2.45) is 0 Å². The first kappa shape index (κ1) is 18.1. The van der Waals surface area contributed by atoms with Crippen LogP contribution in [0.2, 0.25) is 0 Å². The first-order valence-electron chi connectivity index (χ1n) is 10.2. The van der Waals surface area contributed by atoms with Crippen molar-refractivity contribution < 1.29 is 4.79 Å². The number of likely N-dealkylation sites (tertiary alicyclic amines) is 1. The largest absolute Gasteiger partial charge is 0.369 e. The quantitative estimate of drug-likeness (QED) is 0.831. The number of carbonyl (C=O) groups is 1. The maximum atomic E-state index is 13.4. The van der Waals surface area contributed by atoms with Crippen molar-refractivity contribution in [3.05, 3.63) is 66.2 Å². The topological polar surface area (TPSA) is 26.8 Å². The molecule has 1 unspecified atom stereocenters. The molecule has 0 radical (unpaired) electrons. The van der Waals surface area contributed by atoms with E-state index >= 15 is 0 Å². The lowest BCUT2D eigenvalue weighted by molar-refractivity contribution is -0.138.